The Bertz CT molecular complexity index is 540. The molecule has 0 aliphatic heterocycles. The number of nitrogens with zero attached hydrogens (tertiary/aromatic N) is 1. The molecule has 0 aliphatic rings. The molecule has 0 atom stereocenters. The molecule has 0 heterocycles. The second-order valence-corrected chi connectivity index (χ2v) is 3.51. The van der Waals surface area contributed by atoms with Crippen molar-refractivity contribution in [2.45, 2.75) is 6.92 Å². The van der Waals surface area contributed by atoms with Gasteiger partial charge in [0.25, 0.3) is 0 Å². The summed E-state index contributed by atoms with van der Waals surface area (Å²) in [7, 11) is 0. The molecule has 0 saturated heterocycles. The topological polar surface area (TPSA) is 33.0 Å². The number of para-hydroxylation sites is 1. The largest absolute Gasteiger partial charge is 0.457 e. The number of benzene rings is 2. The quantitative estimate of drug-likeness (QED) is 0.756. The molecule has 2 aromatic carbocycles. The van der Waals surface area contributed by atoms with E-state index in [9.17, 15) is 0 Å². The Morgan fingerprint density at radius 1 is 1.06 bits per heavy atom. The van der Waals surface area contributed by atoms with E-state index >= 15 is 0 Å². The zero-order chi connectivity index (χ0) is 11.4. The van der Waals surface area contributed by atoms with Crippen molar-refractivity contribution < 1.29 is 4.74 Å². The lowest BCUT2D eigenvalue weighted by atomic mass is 10.2. The van der Waals surface area contributed by atoms with Crippen LogP contribution in [0.5, 0.6) is 11.5 Å². The van der Waals surface area contributed by atoms with Crippen molar-refractivity contribution in [1.82, 2.24) is 0 Å². The van der Waals surface area contributed by atoms with Crippen LogP contribution in [0.2, 0.25) is 0 Å². The van der Waals surface area contributed by atoms with Gasteiger partial charge in [-0.25, -0.2) is 0 Å². The third-order valence-corrected chi connectivity index (χ3v) is 2.28. The van der Waals surface area contributed by atoms with Crippen LogP contribution < -0.4 is 4.74 Å². The van der Waals surface area contributed by atoms with E-state index in [1.807, 2.05) is 43.3 Å². The highest BCUT2D eigenvalue weighted by molar-refractivity contribution is 5.41. The molecule has 0 aliphatic carbocycles. The van der Waals surface area contributed by atoms with Crippen LogP contribution in [0.25, 0.3) is 0 Å². The number of ether oxygens (including phenoxy) is 1. The predicted octanol–water partition coefficient (Wildman–Crippen LogP) is 3.66. The molecule has 0 radical (unpaired) electrons. The molecule has 0 saturated carbocycles. The first kappa shape index (κ1) is 10.3. The van der Waals surface area contributed by atoms with Crippen molar-refractivity contribution in [3.05, 3.63) is 59.7 Å². The fraction of sp³-hybridized carbons (Fsp3) is 0.0714. The predicted molar refractivity (Wildman–Crippen MR) is 62.4 cm³/mol. The van der Waals surface area contributed by atoms with Crippen LogP contribution in [0, 0.1) is 18.3 Å². The summed E-state index contributed by atoms with van der Waals surface area (Å²) >= 11 is 0. The van der Waals surface area contributed by atoms with E-state index in [-0.39, 0.29) is 0 Å². The Balaban J connectivity index is 2.28. The van der Waals surface area contributed by atoms with Gasteiger partial charge in [-0.2, -0.15) is 5.26 Å². The highest BCUT2D eigenvalue weighted by Gasteiger charge is 2.00. The maximum absolute atomic E-state index is 8.78. The minimum absolute atomic E-state index is 0.603. The van der Waals surface area contributed by atoms with Crippen molar-refractivity contribution in [2.75, 3.05) is 0 Å². The average molecular weight is 209 g/mol. The summed E-state index contributed by atoms with van der Waals surface area (Å²) in [5.41, 5.74) is 1.68. The van der Waals surface area contributed by atoms with Crippen molar-refractivity contribution in [1.29, 1.82) is 5.26 Å². The third kappa shape index (κ3) is 2.21. The molecule has 0 unspecified atom stereocenters. The van der Waals surface area contributed by atoms with Gasteiger partial charge in [0.2, 0.25) is 0 Å². The Labute approximate surface area is 94.7 Å². The van der Waals surface area contributed by atoms with E-state index in [0.29, 0.717) is 11.3 Å². The Morgan fingerprint density at radius 3 is 2.62 bits per heavy atom. The van der Waals surface area contributed by atoms with Crippen LogP contribution in [0.3, 0.4) is 0 Å². The number of nitriles is 1. The van der Waals surface area contributed by atoms with E-state index in [1.165, 1.54) is 0 Å². The summed E-state index contributed by atoms with van der Waals surface area (Å²) in [6.07, 6.45) is 0. The van der Waals surface area contributed by atoms with Gasteiger partial charge in [-0.3, -0.25) is 0 Å². The maximum atomic E-state index is 8.78. The van der Waals surface area contributed by atoms with Crippen LogP contribution in [0.1, 0.15) is 11.1 Å². The van der Waals surface area contributed by atoms with Crippen molar-refractivity contribution in [3.63, 3.8) is 0 Å². The zero-order valence-electron chi connectivity index (χ0n) is 8.97. The molecule has 0 amide bonds. The fourth-order valence-electron chi connectivity index (χ4n) is 1.43. The van der Waals surface area contributed by atoms with E-state index in [0.717, 1.165) is 11.3 Å². The van der Waals surface area contributed by atoms with Gasteiger partial charge < -0.3 is 4.74 Å². The Kier molecular flexibility index (Phi) is 2.88. The molecule has 0 N–H and O–H groups in total. The van der Waals surface area contributed by atoms with Crippen LogP contribution in [0.4, 0.5) is 0 Å². The number of rotatable bonds is 2. The SMILES string of the molecule is Cc1ccccc1Oc1cccc(C#N)c1. The van der Waals surface area contributed by atoms with Gasteiger partial charge in [0.1, 0.15) is 11.5 Å². The maximum Gasteiger partial charge on any atom is 0.130 e. The first-order valence-corrected chi connectivity index (χ1v) is 5.03. The van der Waals surface area contributed by atoms with Gasteiger partial charge in [-0.1, -0.05) is 24.3 Å². The number of aryl methyl sites for hydroxylation is 1. The van der Waals surface area contributed by atoms with Gasteiger partial charge in [-0.15, -0.1) is 0 Å². The Morgan fingerprint density at radius 2 is 1.88 bits per heavy atom. The van der Waals surface area contributed by atoms with Crippen molar-refractivity contribution in [3.8, 4) is 17.6 Å². The summed E-state index contributed by atoms with van der Waals surface area (Å²) in [5.74, 6) is 1.51. The normalized spacial score (nSPS) is 9.50. The van der Waals surface area contributed by atoms with Crippen LogP contribution >= 0.6 is 0 Å². The van der Waals surface area contributed by atoms with E-state index in [4.69, 9.17) is 10.00 Å². The molecule has 2 nitrogen and oxygen atoms in total. The highest BCUT2D eigenvalue weighted by atomic mass is 16.5. The number of hydrogen-bond acceptors (Lipinski definition) is 2. The molecule has 78 valence electrons. The Hall–Kier alpha value is -2.27. The molecular formula is C14H11NO. The summed E-state index contributed by atoms with van der Waals surface area (Å²) in [4.78, 5) is 0. The van der Waals surface area contributed by atoms with Crippen molar-refractivity contribution >= 4 is 0 Å². The lowest BCUT2D eigenvalue weighted by molar-refractivity contribution is 0.479. The van der Waals surface area contributed by atoms with E-state index < -0.39 is 0 Å². The summed E-state index contributed by atoms with van der Waals surface area (Å²) < 4.78 is 5.70. The van der Waals surface area contributed by atoms with Crippen LogP contribution in [0.15, 0.2) is 48.5 Å². The molecule has 0 spiro atoms. The molecule has 2 aromatic rings. The zero-order valence-corrected chi connectivity index (χ0v) is 8.97. The second-order valence-electron chi connectivity index (χ2n) is 3.51. The standard InChI is InChI=1S/C14H11NO/c1-11-5-2-3-8-14(11)16-13-7-4-6-12(9-13)10-15/h2-9H,1H3. The van der Waals surface area contributed by atoms with Gasteiger partial charge in [-0.05, 0) is 36.8 Å². The lowest BCUT2D eigenvalue weighted by Crippen LogP contribution is -1.87. The molecule has 0 aromatic heterocycles. The highest BCUT2D eigenvalue weighted by Crippen LogP contribution is 2.24. The summed E-state index contributed by atoms with van der Waals surface area (Å²) in [5, 5.41) is 8.78. The summed E-state index contributed by atoms with van der Waals surface area (Å²) in [6.45, 7) is 1.99. The molecule has 0 fully saturated rings. The fourth-order valence-corrected chi connectivity index (χ4v) is 1.43. The van der Waals surface area contributed by atoms with E-state index in [1.54, 1.807) is 12.1 Å². The summed E-state index contributed by atoms with van der Waals surface area (Å²) in [6, 6.07) is 17.0. The molecule has 2 rings (SSSR count). The third-order valence-electron chi connectivity index (χ3n) is 2.28. The first-order valence-electron chi connectivity index (χ1n) is 5.03. The van der Waals surface area contributed by atoms with Gasteiger partial charge in [0.15, 0.2) is 0 Å². The molecule has 16 heavy (non-hydrogen) atoms. The second kappa shape index (κ2) is 4.50. The minimum Gasteiger partial charge on any atom is -0.457 e. The van der Waals surface area contributed by atoms with Crippen LogP contribution in [-0.2, 0) is 0 Å². The van der Waals surface area contributed by atoms with Gasteiger partial charge >= 0.3 is 0 Å². The lowest BCUT2D eigenvalue weighted by Gasteiger charge is -2.08. The molecule has 2 heteroatoms. The average Bonchev–Trinajstić information content (AvgIpc) is 2.32. The minimum atomic E-state index is 0.603. The van der Waals surface area contributed by atoms with Gasteiger partial charge in [0.05, 0.1) is 11.6 Å². The van der Waals surface area contributed by atoms with E-state index in [2.05, 4.69) is 6.07 Å². The molecule has 0 bridgehead atoms. The smallest absolute Gasteiger partial charge is 0.130 e. The monoisotopic (exact) mass is 209 g/mol. The van der Waals surface area contributed by atoms with Crippen LogP contribution in [-0.4, -0.2) is 0 Å². The van der Waals surface area contributed by atoms with Gasteiger partial charge in [0, 0.05) is 0 Å². The van der Waals surface area contributed by atoms with Crippen molar-refractivity contribution in [2.24, 2.45) is 0 Å². The number of hydrogen-bond donors (Lipinski definition) is 0. The first-order chi connectivity index (χ1) is 7.79. The molecular weight excluding hydrogens is 198 g/mol.